The van der Waals surface area contributed by atoms with Crippen LogP contribution in [0.1, 0.15) is 10.4 Å². The minimum Gasteiger partial charge on any atom is -0.361 e. The van der Waals surface area contributed by atoms with Crippen LogP contribution < -0.4 is 10.6 Å². The second-order valence-corrected chi connectivity index (χ2v) is 8.29. The lowest BCUT2D eigenvalue weighted by atomic mass is 10.2. The van der Waals surface area contributed by atoms with Crippen LogP contribution in [-0.4, -0.2) is 15.9 Å². The van der Waals surface area contributed by atoms with Crippen molar-refractivity contribution in [2.45, 2.75) is 9.96 Å². The summed E-state index contributed by atoms with van der Waals surface area (Å²) >= 11 is 35.7. The van der Waals surface area contributed by atoms with Crippen molar-refractivity contribution in [2.24, 2.45) is 0 Å². The second-order valence-electron chi connectivity index (χ2n) is 4.70. The number of anilines is 1. The van der Waals surface area contributed by atoms with Crippen molar-refractivity contribution in [3.63, 3.8) is 0 Å². The Kier molecular flexibility index (Phi) is 6.77. The molecule has 2 aromatic carbocycles. The number of carbonyl (C=O) groups excluding carboxylic acids is 1. The first-order valence-electron chi connectivity index (χ1n) is 6.52. The zero-order chi connectivity index (χ0) is 17.9. The van der Waals surface area contributed by atoms with E-state index in [4.69, 9.17) is 69.6 Å². The van der Waals surface area contributed by atoms with E-state index in [0.29, 0.717) is 21.3 Å². The summed E-state index contributed by atoms with van der Waals surface area (Å²) in [7, 11) is 0. The Morgan fingerprint density at radius 2 is 1.58 bits per heavy atom. The number of hydrogen-bond donors (Lipinski definition) is 2. The topological polar surface area (TPSA) is 41.1 Å². The van der Waals surface area contributed by atoms with Gasteiger partial charge in [-0.3, -0.25) is 4.79 Å². The highest BCUT2D eigenvalue weighted by Gasteiger charge is 2.34. The fraction of sp³-hybridized carbons (Fsp3) is 0.133. The Labute approximate surface area is 169 Å². The molecule has 128 valence electrons. The highest BCUT2D eigenvalue weighted by Crippen LogP contribution is 2.35. The third kappa shape index (κ3) is 5.22. The number of halogens is 6. The van der Waals surface area contributed by atoms with Crippen LogP contribution in [0.15, 0.2) is 42.5 Å². The molecule has 0 saturated carbocycles. The minimum atomic E-state index is -1.84. The molecule has 3 nitrogen and oxygen atoms in total. The van der Waals surface area contributed by atoms with Crippen LogP contribution in [0.4, 0.5) is 5.69 Å². The lowest BCUT2D eigenvalue weighted by Gasteiger charge is -2.28. The monoisotopic (exact) mass is 444 g/mol. The predicted molar refractivity (Wildman–Crippen MR) is 103 cm³/mol. The summed E-state index contributed by atoms with van der Waals surface area (Å²) in [5.74, 6) is -0.450. The molecule has 0 unspecified atom stereocenters. The first kappa shape index (κ1) is 19.8. The zero-order valence-electron chi connectivity index (χ0n) is 11.8. The summed E-state index contributed by atoms with van der Waals surface area (Å²) in [5.41, 5.74) is 0.773. The normalized spacial score (nSPS) is 12.6. The lowest BCUT2D eigenvalue weighted by molar-refractivity contribution is 0.0942. The van der Waals surface area contributed by atoms with Crippen LogP contribution in [0.2, 0.25) is 15.1 Å². The predicted octanol–water partition coefficient (Wildman–Crippen LogP) is 6.19. The molecule has 0 aliphatic heterocycles. The standard InChI is InChI=1S/C15H10Cl6N2O/c16-9-6-4-8(5-7-9)13(24)23-14(15(19,20)21)22-11-3-1-2-10(17)12(11)18/h1-7,14,22H,(H,23,24)/t14-/m1/s1. The van der Waals surface area contributed by atoms with E-state index in [1.54, 1.807) is 42.5 Å². The SMILES string of the molecule is O=C(N[C@@H](Nc1cccc(Cl)c1Cl)C(Cl)(Cl)Cl)c1ccc(Cl)cc1. The van der Waals surface area contributed by atoms with Gasteiger partial charge in [0.25, 0.3) is 5.91 Å². The van der Waals surface area contributed by atoms with Gasteiger partial charge in [-0.25, -0.2) is 0 Å². The van der Waals surface area contributed by atoms with Gasteiger partial charge in [-0.05, 0) is 36.4 Å². The summed E-state index contributed by atoms with van der Waals surface area (Å²) in [6.45, 7) is 0. The quantitative estimate of drug-likeness (QED) is 0.434. The number of hydrogen-bond acceptors (Lipinski definition) is 2. The van der Waals surface area contributed by atoms with Gasteiger partial charge in [-0.15, -0.1) is 0 Å². The Morgan fingerprint density at radius 3 is 2.17 bits per heavy atom. The van der Waals surface area contributed by atoms with Crippen molar-refractivity contribution in [3.05, 3.63) is 63.1 Å². The number of nitrogens with one attached hydrogen (secondary N) is 2. The molecule has 0 fully saturated rings. The molecule has 0 saturated heterocycles. The number of rotatable bonds is 4. The summed E-state index contributed by atoms with van der Waals surface area (Å²) < 4.78 is -1.84. The number of amides is 1. The molecule has 0 aliphatic rings. The van der Waals surface area contributed by atoms with Crippen molar-refractivity contribution in [2.75, 3.05) is 5.32 Å². The van der Waals surface area contributed by atoms with Crippen LogP contribution in [0.5, 0.6) is 0 Å². The van der Waals surface area contributed by atoms with Gasteiger partial charge < -0.3 is 10.6 Å². The van der Waals surface area contributed by atoms with Gasteiger partial charge in [-0.2, -0.15) is 0 Å². The summed E-state index contributed by atoms with van der Waals surface area (Å²) in [6, 6.07) is 11.2. The largest absolute Gasteiger partial charge is 0.361 e. The van der Waals surface area contributed by atoms with Crippen LogP contribution in [-0.2, 0) is 0 Å². The fourth-order valence-electron chi connectivity index (χ4n) is 1.79. The molecule has 1 amide bonds. The lowest BCUT2D eigenvalue weighted by Crippen LogP contribution is -2.49. The molecule has 0 spiro atoms. The Balaban J connectivity index is 2.21. The van der Waals surface area contributed by atoms with Gasteiger partial charge >= 0.3 is 0 Å². The van der Waals surface area contributed by atoms with E-state index in [9.17, 15) is 4.79 Å². The molecule has 2 rings (SSSR count). The molecule has 0 aliphatic carbocycles. The van der Waals surface area contributed by atoms with Crippen molar-refractivity contribution in [1.82, 2.24) is 5.32 Å². The van der Waals surface area contributed by atoms with Crippen molar-refractivity contribution < 1.29 is 4.79 Å². The van der Waals surface area contributed by atoms with E-state index in [2.05, 4.69) is 10.6 Å². The maximum atomic E-state index is 12.3. The third-order valence-corrected chi connectivity index (χ3v) is 4.69. The molecule has 0 heterocycles. The molecule has 0 bridgehead atoms. The van der Waals surface area contributed by atoms with Crippen LogP contribution in [0, 0.1) is 0 Å². The molecule has 0 radical (unpaired) electrons. The molecule has 1 atom stereocenters. The van der Waals surface area contributed by atoms with Gasteiger partial charge in [0, 0.05) is 10.6 Å². The number of carbonyl (C=O) groups is 1. The van der Waals surface area contributed by atoms with Gasteiger partial charge in [-0.1, -0.05) is 75.7 Å². The van der Waals surface area contributed by atoms with Gasteiger partial charge in [0.1, 0.15) is 6.17 Å². The van der Waals surface area contributed by atoms with E-state index in [1.807, 2.05) is 0 Å². The Morgan fingerprint density at radius 1 is 0.958 bits per heavy atom. The van der Waals surface area contributed by atoms with Gasteiger partial charge in [0.05, 0.1) is 15.7 Å². The smallest absolute Gasteiger partial charge is 0.252 e. The molecule has 24 heavy (non-hydrogen) atoms. The Bertz CT molecular complexity index is 730. The van der Waals surface area contributed by atoms with Crippen LogP contribution >= 0.6 is 69.6 Å². The first-order valence-corrected chi connectivity index (χ1v) is 8.79. The number of alkyl halides is 3. The molecule has 2 aromatic rings. The van der Waals surface area contributed by atoms with Crippen LogP contribution in [0.3, 0.4) is 0 Å². The maximum Gasteiger partial charge on any atom is 0.252 e. The van der Waals surface area contributed by atoms with Crippen LogP contribution in [0.25, 0.3) is 0 Å². The third-order valence-electron chi connectivity index (χ3n) is 2.96. The van der Waals surface area contributed by atoms with E-state index in [-0.39, 0.29) is 5.02 Å². The molecular formula is C15H10Cl6N2O. The van der Waals surface area contributed by atoms with E-state index in [0.717, 1.165) is 0 Å². The number of benzene rings is 2. The first-order chi connectivity index (χ1) is 11.2. The molecular weight excluding hydrogens is 437 g/mol. The molecule has 9 heteroatoms. The Hall–Kier alpha value is -0.550. The average Bonchev–Trinajstić information content (AvgIpc) is 2.50. The van der Waals surface area contributed by atoms with E-state index in [1.165, 1.54) is 0 Å². The average molecular weight is 447 g/mol. The van der Waals surface area contributed by atoms with Crippen molar-refractivity contribution in [3.8, 4) is 0 Å². The summed E-state index contributed by atoms with van der Waals surface area (Å²) in [5, 5.41) is 6.55. The van der Waals surface area contributed by atoms with E-state index >= 15 is 0 Å². The second kappa shape index (κ2) is 8.22. The summed E-state index contributed by atoms with van der Waals surface area (Å²) in [6.07, 6.45) is -1.05. The fourth-order valence-corrected chi connectivity index (χ4v) is 2.59. The van der Waals surface area contributed by atoms with Crippen molar-refractivity contribution >= 4 is 81.2 Å². The zero-order valence-corrected chi connectivity index (χ0v) is 16.3. The minimum absolute atomic E-state index is 0.249. The van der Waals surface area contributed by atoms with Gasteiger partial charge in [0.15, 0.2) is 0 Å². The van der Waals surface area contributed by atoms with Crippen molar-refractivity contribution in [1.29, 1.82) is 0 Å². The maximum absolute atomic E-state index is 12.3. The van der Waals surface area contributed by atoms with Gasteiger partial charge in [0.2, 0.25) is 3.79 Å². The highest BCUT2D eigenvalue weighted by molar-refractivity contribution is 6.68. The summed E-state index contributed by atoms with van der Waals surface area (Å²) in [4.78, 5) is 12.3. The van der Waals surface area contributed by atoms with E-state index < -0.39 is 15.9 Å². The highest BCUT2D eigenvalue weighted by atomic mass is 35.6. The molecule has 2 N–H and O–H groups in total. The molecule has 0 aromatic heterocycles.